The average molecular weight is 449 g/mol. The number of carbonyl (C=O) groups excluding carboxylic acids is 2. The summed E-state index contributed by atoms with van der Waals surface area (Å²) >= 11 is 0. The van der Waals surface area contributed by atoms with Crippen molar-refractivity contribution < 1.29 is 9.59 Å². The minimum Gasteiger partial charge on any atom is -0.370 e. The number of benzene rings is 2. The molecule has 1 atom stereocenters. The first kappa shape index (κ1) is 23.3. The number of hydrogen-bond acceptors (Lipinski definition) is 4. The number of nitrogens with one attached hydrogen (secondary N) is 2. The van der Waals surface area contributed by atoms with E-state index in [0.29, 0.717) is 11.6 Å². The van der Waals surface area contributed by atoms with Gasteiger partial charge in [0.1, 0.15) is 0 Å². The van der Waals surface area contributed by atoms with Crippen LogP contribution in [0, 0.1) is 11.8 Å². The third-order valence-corrected chi connectivity index (χ3v) is 7.19. The van der Waals surface area contributed by atoms with Gasteiger partial charge in [-0.25, -0.2) is 0 Å². The first-order chi connectivity index (χ1) is 15.9. The molecule has 1 saturated carbocycles. The van der Waals surface area contributed by atoms with Gasteiger partial charge in [-0.3, -0.25) is 9.59 Å². The minimum atomic E-state index is -0.157. The first-order valence-electron chi connectivity index (χ1n) is 12.1. The molecular weight excluding hydrogens is 412 g/mol. The van der Waals surface area contributed by atoms with Crippen LogP contribution in [0.15, 0.2) is 48.5 Å². The molecule has 6 heteroatoms. The lowest BCUT2D eigenvalue weighted by molar-refractivity contribution is -0.121. The van der Waals surface area contributed by atoms with E-state index in [1.807, 2.05) is 12.1 Å². The third-order valence-electron chi connectivity index (χ3n) is 7.19. The molecular formula is C27H36N4O2. The van der Waals surface area contributed by atoms with Crippen molar-refractivity contribution in [3.63, 3.8) is 0 Å². The van der Waals surface area contributed by atoms with E-state index in [-0.39, 0.29) is 17.7 Å². The van der Waals surface area contributed by atoms with Crippen LogP contribution in [0.1, 0.15) is 49.4 Å². The quantitative estimate of drug-likeness (QED) is 0.663. The molecule has 2 fully saturated rings. The molecule has 2 aromatic carbocycles. The van der Waals surface area contributed by atoms with Gasteiger partial charge in [-0.2, -0.15) is 0 Å². The summed E-state index contributed by atoms with van der Waals surface area (Å²) in [7, 11) is 4.26. The maximum Gasteiger partial charge on any atom is 0.255 e. The summed E-state index contributed by atoms with van der Waals surface area (Å²) in [6.45, 7) is 4.33. The van der Waals surface area contributed by atoms with E-state index in [1.54, 1.807) is 24.3 Å². The Bertz CT molecular complexity index is 947. The van der Waals surface area contributed by atoms with Crippen LogP contribution in [0.3, 0.4) is 0 Å². The molecule has 2 amide bonds. The number of nitrogens with zero attached hydrogens (tertiary/aromatic N) is 2. The van der Waals surface area contributed by atoms with Crippen molar-refractivity contribution >= 4 is 28.9 Å². The van der Waals surface area contributed by atoms with Gasteiger partial charge in [0, 0.05) is 47.7 Å². The molecule has 0 aromatic heterocycles. The highest BCUT2D eigenvalue weighted by Gasteiger charge is 2.25. The number of rotatable bonds is 6. The van der Waals surface area contributed by atoms with E-state index in [4.69, 9.17) is 0 Å². The van der Waals surface area contributed by atoms with Crippen molar-refractivity contribution in [1.82, 2.24) is 4.90 Å². The first-order valence-corrected chi connectivity index (χ1v) is 12.1. The summed E-state index contributed by atoms with van der Waals surface area (Å²) < 4.78 is 0. The van der Waals surface area contributed by atoms with Gasteiger partial charge in [0.05, 0.1) is 0 Å². The van der Waals surface area contributed by atoms with E-state index >= 15 is 0 Å². The van der Waals surface area contributed by atoms with Crippen LogP contribution in [0.25, 0.3) is 0 Å². The van der Waals surface area contributed by atoms with Gasteiger partial charge in [0.15, 0.2) is 0 Å². The molecule has 2 aliphatic rings. The average Bonchev–Trinajstić information content (AvgIpc) is 3.31. The summed E-state index contributed by atoms with van der Waals surface area (Å²) in [5, 5.41) is 5.97. The molecule has 1 unspecified atom stereocenters. The van der Waals surface area contributed by atoms with Crippen LogP contribution in [-0.2, 0) is 4.79 Å². The van der Waals surface area contributed by atoms with Crippen molar-refractivity contribution in [2.45, 2.75) is 45.1 Å². The SMILES string of the molecule is CC1CCC(C(=O)Nc2ccc(C(=O)Nc3ccc(N4CCC(N(C)C)C4)cc3)cc2)CC1. The van der Waals surface area contributed by atoms with Crippen molar-refractivity contribution in [3.8, 4) is 0 Å². The fraction of sp³-hybridized carbons (Fsp3) is 0.481. The van der Waals surface area contributed by atoms with Crippen LogP contribution >= 0.6 is 0 Å². The van der Waals surface area contributed by atoms with E-state index in [1.165, 1.54) is 12.1 Å². The number of hydrogen-bond donors (Lipinski definition) is 2. The Hall–Kier alpha value is -2.86. The zero-order valence-corrected chi connectivity index (χ0v) is 20.0. The summed E-state index contributed by atoms with van der Waals surface area (Å²) in [5.74, 6) is 0.755. The Morgan fingerprint density at radius 2 is 1.45 bits per heavy atom. The van der Waals surface area contributed by atoms with Crippen molar-refractivity contribution in [3.05, 3.63) is 54.1 Å². The second-order valence-electron chi connectivity index (χ2n) is 9.88. The number of anilines is 3. The smallest absolute Gasteiger partial charge is 0.255 e. The van der Waals surface area contributed by atoms with Gasteiger partial charge in [0.2, 0.25) is 5.91 Å². The Kier molecular flexibility index (Phi) is 7.33. The van der Waals surface area contributed by atoms with E-state index in [2.05, 4.69) is 53.6 Å². The molecule has 0 radical (unpaired) electrons. The number of likely N-dealkylation sites (N-methyl/N-ethyl adjacent to an activating group) is 1. The van der Waals surface area contributed by atoms with Crippen LogP contribution in [-0.4, -0.2) is 49.9 Å². The summed E-state index contributed by atoms with van der Waals surface area (Å²) in [6.07, 6.45) is 5.32. The van der Waals surface area contributed by atoms with E-state index < -0.39 is 0 Å². The van der Waals surface area contributed by atoms with Crippen LogP contribution in [0.4, 0.5) is 17.1 Å². The highest BCUT2D eigenvalue weighted by Crippen LogP contribution is 2.29. The third kappa shape index (κ3) is 5.93. The molecule has 4 rings (SSSR count). The largest absolute Gasteiger partial charge is 0.370 e. The maximum atomic E-state index is 12.7. The topological polar surface area (TPSA) is 64.7 Å². The second-order valence-corrected chi connectivity index (χ2v) is 9.88. The van der Waals surface area contributed by atoms with Crippen LogP contribution in [0.2, 0.25) is 0 Å². The molecule has 176 valence electrons. The minimum absolute atomic E-state index is 0.0918. The zero-order chi connectivity index (χ0) is 23.4. The zero-order valence-electron chi connectivity index (χ0n) is 20.0. The van der Waals surface area contributed by atoms with Crippen LogP contribution < -0.4 is 15.5 Å². The van der Waals surface area contributed by atoms with Gasteiger partial charge < -0.3 is 20.4 Å². The van der Waals surface area contributed by atoms with Crippen molar-refractivity contribution in [2.24, 2.45) is 11.8 Å². The normalized spacial score (nSPS) is 22.9. The Labute approximate surface area is 197 Å². The van der Waals surface area contributed by atoms with Gasteiger partial charge in [0.25, 0.3) is 5.91 Å². The molecule has 1 aliphatic carbocycles. The molecule has 0 bridgehead atoms. The van der Waals surface area contributed by atoms with E-state index in [9.17, 15) is 9.59 Å². The molecule has 1 aliphatic heterocycles. The lowest BCUT2D eigenvalue weighted by Gasteiger charge is -2.25. The summed E-state index contributed by atoms with van der Waals surface area (Å²) in [5.41, 5.74) is 3.26. The molecule has 1 saturated heterocycles. The fourth-order valence-electron chi connectivity index (χ4n) is 4.83. The lowest BCUT2D eigenvalue weighted by Crippen LogP contribution is -2.31. The molecule has 1 heterocycles. The molecule has 6 nitrogen and oxygen atoms in total. The van der Waals surface area contributed by atoms with Gasteiger partial charge in [-0.1, -0.05) is 6.92 Å². The summed E-state index contributed by atoms with van der Waals surface area (Å²) in [6, 6.07) is 15.7. The van der Waals surface area contributed by atoms with E-state index in [0.717, 1.165) is 56.1 Å². The van der Waals surface area contributed by atoms with Crippen molar-refractivity contribution in [1.29, 1.82) is 0 Å². The Morgan fingerprint density at radius 3 is 2.06 bits per heavy atom. The lowest BCUT2D eigenvalue weighted by atomic mass is 9.82. The number of carbonyl (C=O) groups is 2. The predicted molar refractivity (Wildman–Crippen MR) is 135 cm³/mol. The van der Waals surface area contributed by atoms with Gasteiger partial charge in [-0.15, -0.1) is 0 Å². The highest BCUT2D eigenvalue weighted by molar-refractivity contribution is 6.04. The monoisotopic (exact) mass is 448 g/mol. The fourth-order valence-corrected chi connectivity index (χ4v) is 4.83. The molecule has 33 heavy (non-hydrogen) atoms. The molecule has 2 N–H and O–H groups in total. The Balaban J connectivity index is 1.29. The second kappa shape index (κ2) is 10.4. The molecule has 0 spiro atoms. The molecule has 2 aromatic rings. The standard InChI is InChI=1S/C27H36N4O2/c1-19-4-6-20(7-5-19)26(32)28-22-10-8-21(9-11-22)27(33)29-23-12-14-24(15-13-23)31-17-16-25(18-31)30(2)3/h8-15,19-20,25H,4-7,16-18H2,1-3H3,(H,28,32)(H,29,33). The van der Waals surface area contributed by atoms with Gasteiger partial charge in [-0.05, 0) is 101 Å². The summed E-state index contributed by atoms with van der Waals surface area (Å²) in [4.78, 5) is 29.8. The van der Waals surface area contributed by atoms with Gasteiger partial charge >= 0.3 is 0 Å². The van der Waals surface area contributed by atoms with Crippen molar-refractivity contribution in [2.75, 3.05) is 42.7 Å². The highest BCUT2D eigenvalue weighted by atomic mass is 16.2. The Morgan fingerprint density at radius 1 is 0.848 bits per heavy atom. The number of amides is 2. The van der Waals surface area contributed by atoms with Crippen LogP contribution in [0.5, 0.6) is 0 Å². The predicted octanol–water partition coefficient (Wildman–Crippen LogP) is 4.84. The maximum absolute atomic E-state index is 12.7.